The van der Waals surface area contributed by atoms with E-state index >= 15 is 0 Å². The van der Waals surface area contributed by atoms with Gasteiger partial charge in [0, 0.05) is 25.2 Å². The molecule has 1 saturated carbocycles. The summed E-state index contributed by atoms with van der Waals surface area (Å²) in [5, 5.41) is 9.06. The van der Waals surface area contributed by atoms with Crippen molar-refractivity contribution in [3.63, 3.8) is 0 Å². The van der Waals surface area contributed by atoms with E-state index in [9.17, 15) is 4.79 Å². The molecule has 20 heavy (non-hydrogen) atoms. The van der Waals surface area contributed by atoms with Gasteiger partial charge >= 0.3 is 0 Å². The highest BCUT2D eigenvalue weighted by atomic mass is 16.3. The minimum absolute atomic E-state index is 0.0269. The summed E-state index contributed by atoms with van der Waals surface area (Å²) in [5.74, 6) is 1.38. The first-order chi connectivity index (χ1) is 9.76. The number of pyridine rings is 1. The number of rotatable bonds is 5. The number of fused-ring (bicyclic) bond motifs is 1. The van der Waals surface area contributed by atoms with E-state index in [0.717, 1.165) is 24.2 Å². The maximum Gasteiger partial charge on any atom is 0.274 e. The molecule has 3 rings (SSSR count). The first-order valence-corrected chi connectivity index (χ1v) is 7.13. The van der Waals surface area contributed by atoms with Crippen LogP contribution in [0.25, 0.3) is 5.52 Å². The minimum Gasteiger partial charge on any atom is -0.395 e. The van der Waals surface area contributed by atoms with E-state index in [1.165, 1.54) is 0 Å². The zero-order valence-corrected chi connectivity index (χ0v) is 11.6. The molecule has 2 aromatic rings. The van der Waals surface area contributed by atoms with Gasteiger partial charge in [-0.3, -0.25) is 4.79 Å². The summed E-state index contributed by atoms with van der Waals surface area (Å²) >= 11 is 0. The van der Waals surface area contributed by atoms with Gasteiger partial charge in [-0.1, -0.05) is 6.07 Å². The number of hydrogen-bond donors (Lipinski definition) is 1. The van der Waals surface area contributed by atoms with Gasteiger partial charge in [-0.2, -0.15) is 0 Å². The monoisotopic (exact) mass is 273 g/mol. The van der Waals surface area contributed by atoms with Crippen LogP contribution in [-0.2, 0) is 0 Å². The van der Waals surface area contributed by atoms with Gasteiger partial charge in [0.1, 0.15) is 5.82 Å². The number of aliphatic hydroxyl groups excluding tert-OH is 1. The van der Waals surface area contributed by atoms with Crippen LogP contribution in [-0.4, -0.2) is 45.0 Å². The Morgan fingerprint density at radius 1 is 1.50 bits per heavy atom. The van der Waals surface area contributed by atoms with Crippen LogP contribution in [0.4, 0.5) is 0 Å². The number of likely N-dealkylation sites (N-methyl/N-ethyl adjacent to an activating group) is 1. The maximum absolute atomic E-state index is 12.6. The Hall–Kier alpha value is -1.88. The quantitative estimate of drug-likeness (QED) is 0.901. The molecule has 1 aliphatic carbocycles. The van der Waals surface area contributed by atoms with Gasteiger partial charge in [0.15, 0.2) is 5.69 Å². The van der Waals surface area contributed by atoms with E-state index in [0.29, 0.717) is 24.7 Å². The fraction of sp³-hybridized carbons (Fsp3) is 0.467. The van der Waals surface area contributed by atoms with E-state index in [-0.39, 0.29) is 12.5 Å². The summed E-state index contributed by atoms with van der Waals surface area (Å²) in [5.41, 5.74) is 1.36. The molecule has 2 heterocycles. The van der Waals surface area contributed by atoms with Crippen LogP contribution < -0.4 is 0 Å². The van der Waals surface area contributed by atoms with Crippen LogP contribution in [0.3, 0.4) is 0 Å². The zero-order valence-electron chi connectivity index (χ0n) is 11.6. The van der Waals surface area contributed by atoms with Crippen LogP contribution in [0, 0.1) is 0 Å². The van der Waals surface area contributed by atoms with Crippen LogP contribution in [0.5, 0.6) is 0 Å². The third-order valence-electron chi connectivity index (χ3n) is 3.76. The number of aliphatic hydroxyl groups is 1. The van der Waals surface area contributed by atoms with Crippen LogP contribution in [0.1, 0.15) is 42.0 Å². The largest absolute Gasteiger partial charge is 0.395 e. The lowest BCUT2D eigenvalue weighted by atomic mass is 10.3. The van der Waals surface area contributed by atoms with Crippen molar-refractivity contribution in [3.05, 3.63) is 35.9 Å². The summed E-state index contributed by atoms with van der Waals surface area (Å²) in [6, 6.07) is 5.81. The van der Waals surface area contributed by atoms with E-state index in [1.54, 1.807) is 4.90 Å². The SMILES string of the molecule is CCN(CCO)C(=O)c1nc(C2CC2)n2ccccc12. The molecule has 2 aromatic heterocycles. The molecule has 0 bridgehead atoms. The van der Waals surface area contributed by atoms with Crippen LogP contribution in [0.15, 0.2) is 24.4 Å². The van der Waals surface area contributed by atoms with Crippen LogP contribution >= 0.6 is 0 Å². The van der Waals surface area contributed by atoms with Gasteiger partial charge in [-0.05, 0) is 31.9 Å². The highest BCUT2D eigenvalue weighted by molar-refractivity contribution is 5.99. The number of aromatic nitrogens is 2. The molecule has 0 unspecified atom stereocenters. The van der Waals surface area contributed by atoms with Gasteiger partial charge in [-0.15, -0.1) is 0 Å². The number of nitrogens with zero attached hydrogens (tertiary/aromatic N) is 3. The van der Waals surface area contributed by atoms with Gasteiger partial charge in [0.25, 0.3) is 5.91 Å². The van der Waals surface area contributed by atoms with Crippen molar-refractivity contribution in [2.45, 2.75) is 25.7 Å². The molecule has 5 nitrogen and oxygen atoms in total. The smallest absolute Gasteiger partial charge is 0.274 e. The molecule has 1 aliphatic rings. The zero-order chi connectivity index (χ0) is 14.1. The van der Waals surface area contributed by atoms with E-state index < -0.39 is 0 Å². The second kappa shape index (κ2) is 5.25. The molecular weight excluding hydrogens is 254 g/mol. The lowest BCUT2D eigenvalue weighted by molar-refractivity contribution is 0.0728. The third-order valence-corrected chi connectivity index (χ3v) is 3.76. The summed E-state index contributed by atoms with van der Waals surface area (Å²) < 4.78 is 2.03. The molecule has 106 valence electrons. The van der Waals surface area contributed by atoms with Gasteiger partial charge in [-0.25, -0.2) is 4.98 Å². The average Bonchev–Trinajstić information content (AvgIpc) is 3.25. The van der Waals surface area contributed by atoms with E-state index in [4.69, 9.17) is 5.11 Å². The molecule has 0 saturated heterocycles. The van der Waals surface area contributed by atoms with Crippen molar-refractivity contribution in [2.24, 2.45) is 0 Å². The molecule has 0 spiro atoms. The topological polar surface area (TPSA) is 57.8 Å². The Morgan fingerprint density at radius 2 is 2.30 bits per heavy atom. The van der Waals surface area contributed by atoms with Gasteiger partial charge in [0.2, 0.25) is 0 Å². The highest BCUT2D eigenvalue weighted by Crippen LogP contribution is 2.40. The Balaban J connectivity index is 2.04. The van der Waals surface area contributed by atoms with Crippen molar-refractivity contribution < 1.29 is 9.90 Å². The predicted molar refractivity (Wildman–Crippen MR) is 75.8 cm³/mol. The van der Waals surface area contributed by atoms with Crippen LogP contribution in [0.2, 0.25) is 0 Å². The summed E-state index contributed by atoms with van der Waals surface area (Å²) in [6.45, 7) is 2.80. The van der Waals surface area contributed by atoms with Crippen molar-refractivity contribution in [3.8, 4) is 0 Å². The number of carbonyl (C=O) groups excluding carboxylic acids is 1. The Labute approximate surface area is 117 Å². The van der Waals surface area contributed by atoms with Crippen molar-refractivity contribution in [2.75, 3.05) is 19.7 Å². The number of carbonyl (C=O) groups is 1. The predicted octanol–water partition coefficient (Wildman–Crippen LogP) is 1.67. The standard InChI is InChI=1S/C15H19N3O2/c1-2-17(9-10-19)15(20)13-12-5-3-4-8-18(12)14(16-13)11-6-7-11/h3-5,8,11,19H,2,6-7,9-10H2,1H3. The fourth-order valence-corrected chi connectivity index (χ4v) is 2.52. The molecule has 1 amide bonds. The normalized spacial score (nSPS) is 14.7. The second-order valence-corrected chi connectivity index (χ2v) is 5.16. The number of imidazole rings is 1. The Morgan fingerprint density at radius 3 is 2.95 bits per heavy atom. The fourth-order valence-electron chi connectivity index (χ4n) is 2.52. The average molecular weight is 273 g/mol. The highest BCUT2D eigenvalue weighted by Gasteiger charge is 2.31. The molecule has 0 aromatic carbocycles. The van der Waals surface area contributed by atoms with Crippen molar-refractivity contribution in [1.82, 2.24) is 14.3 Å². The van der Waals surface area contributed by atoms with Gasteiger partial charge < -0.3 is 14.4 Å². The lowest BCUT2D eigenvalue weighted by Gasteiger charge is -2.18. The van der Waals surface area contributed by atoms with E-state index in [1.807, 2.05) is 35.7 Å². The first kappa shape index (κ1) is 13.1. The number of amides is 1. The number of hydrogen-bond acceptors (Lipinski definition) is 3. The molecule has 5 heteroatoms. The van der Waals surface area contributed by atoms with Gasteiger partial charge in [0.05, 0.1) is 12.1 Å². The Bertz CT molecular complexity index is 631. The molecule has 0 aliphatic heterocycles. The molecule has 0 atom stereocenters. The molecule has 0 radical (unpaired) electrons. The van der Waals surface area contributed by atoms with Crippen molar-refractivity contribution >= 4 is 11.4 Å². The maximum atomic E-state index is 12.6. The van der Waals surface area contributed by atoms with E-state index in [2.05, 4.69) is 4.98 Å². The van der Waals surface area contributed by atoms with Crippen molar-refractivity contribution in [1.29, 1.82) is 0 Å². The minimum atomic E-state index is -0.0999. The second-order valence-electron chi connectivity index (χ2n) is 5.16. The summed E-state index contributed by atoms with van der Waals surface area (Å²) in [6.07, 6.45) is 4.26. The Kier molecular flexibility index (Phi) is 3.44. The molecule has 1 fully saturated rings. The molecule has 1 N–H and O–H groups in total. The molecular formula is C15H19N3O2. The lowest BCUT2D eigenvalue weighted by Crippen LogP contribution is -2.33. The summed E-state index contributed by atoms with van der Waals surface area (Å²) in [7, 11) is 0. The third kappa shape index (κ3) is 2.18. The summed E-state index contributed by atoms with van der Waals surface area (Å²) in [4.78, 5) is 18.8. The first-order valence-electron chi connectivity index (χ1n) is 7.13.